The summed E-state index contributed by atoms with van der Waals surface area (Å²) < 4.78 is 5.43. The summed E-state index contributed by atoms with van der Waals surface area (Å²) in [6.45, 7) is 7.09. The largest absolute Gasteiger partial charge is 0.444 e. The maximum atomic E-state index is 12.1. The van der Waals surface area contributed by atoms with E-state index in [0.29, 0.717) is 19.0 Å². The third kappa shape index (κ3) is 3.05. The SMILES string of the molecule is CC(C)(C)OC(=O)N1CCC(c2n[nH]c3cnccc23)CC1. The van der Waals surface area contributed by atoms with E-state index < -0.39 is 5.60 Å². The van der Waals surface area contributed by atoms with Gasteiger partial charge in [0, 0.05) is 30.6 Å². The molecule has 2 aromatic rings. The van der Waals surface area contributed by atoms with Gasteiger partial charge in [-0.15, -0.1) is 0 Å². The predicted octanol–water partition coefficient (Wildman–Crippen LogP) is 3.07. The number of nitrogens with zero attached hydrogens (tertiary/aromatic N) is 3. The third-order valence-electron chi connectivity index (χ3n) is 3.93. The Morgan fingerprint density at radius 2 is 2.09 bits per heavy atom. The number of carbonyl (C=O) groups excluding carboxylic acids is 1. The van der Waals surface area contributed by atoms with E-state index in [0.717, 1.165) is 29.4 Å². The summed E-state index contributed by atoms with van der Waals surface area (Å²) in [6.07, 6.45) is 5.17. The standard InChI is InChI=1S/C16H22N4O2/c1-16(2,3)22-15(21)20-8-5-11(6-9-20)14-12-4-7-17-10-13(12)18-19-14/h4,7,10-11H,5-6,8-9H2,1-3H3,(H,18,19). The van der Waals surface area contributed by atoms with Crippen LogP contribution in [0.5, 0.6) is 0 Å². The number of fused-ring (bicyclic) bond motifs is 1. The van der Waals surface area contributed by atoms with Crippen molar-refractivity contribution in [3.63, 3.8) is 0 Å². The second-order valence-corrected chi connectivity index (χ2v) is 6.77. The van der Waals surface area contributed by atoms with Crippen LogP contribution in [-0.4, -0.2) is 44.9 Å². The minimum atomic E-state index is -0.445. The first-order valence-electron chi connectivity index (χ1n) is 7.70. The van der Waals surface area contributed by atoms with Gasteiger partial charge in [-0.1, -0.05) is 0 Å². The number of H-pyrrole nitrogens is 1. The zero-order valence-corrected chi connectivity index (χ0v) is 13.3. The molecule has 0 aromatic carbocycles. The van der Waals surface area contributed by atoms with Crippen molar-refractivity contribution >= 4 is 17.0 Å². The van der Waals surface area contributed by atoms with Crippen LogP contribution in [0.25, 0.3) is 10.9 Å². The Bertz CT molecular complexity index is 666. The van der Waals surface area contributed by atoms with E-state index in [1.807, 2.05) is 26.8 Å². The van der Waals surface area contributed by atoms with E-state index in [-0.39, 0.29) is 6.09 Å². The summed E-state index contributed by atoms with van der Waals surface area (Å²) in [5.74, 6) is 0.370. The molecule has 3 rings (SSSR count). The number of aromatic nitrogens is 3. The molecule has 1 amide bonds. The van der Waals surface area contributed by atoms with Gasteiger partial charge in [0.25, 0.3) is 0 Å². The Hall–Kier alpha value is -2.11. The van der Waals surface area contributed by atoms with Crippen molar-refractivity contribution in [2.24, 2.45) is 0 Å². The zero-order valence-electron chi connectivity index (χ0n) is 13.3. The minimum absolute atomic E-state index is 0.220. The van der Waals surface area contributed by atoms with E-state index in [4.69, 9.17) is 4.74 Å². The predicted molar refractivity (Wildman–Crippen MR) is 83.7 cm³/mol. The molecule has 1 aliphatic heterocycles. The highest BCUT2D eigenvalue weighted by molar-refractivity contribution is 5.80. The Labute approximate surface area is 129 Å². The lowest BCUT2D eigenvalue weighted by Gasteiger charge is -2.33. The fourth-order valence-corrected chi connectivity index (χ4v) is 2.86. The molecule has 6 nitrogen and oxygen atoms in total. The molecule has 118 valence electrons. The highest BCUT2D eigenvalue weighted by Gasteiger charge is 2.29. The lowest BCUT2D eigenvalue weighted by atomic mass is 9.92. The first-order valence-corrected chi connectivity index (χ1v) is 7.70. The van der Waals surface area contributed by atoms with Gasteiger partial charge in [0.15, 0.2) is 0 Å². The fraction of sp³-hybridized carbons (Fsp3) is 0.562. The number of hydrogen-bond acceptors (Lipinski definition) is 4. The molecule has 0 radical (unpaired) electrons. The quantitative estimate of drug-likeness (QED) is 0.878. The third-order valence-corrected chi connectivity index (χ3v) is 3.93. The van der Waals surface area contributed by atoms with E-state index in [9.17, 15) is 4.79 Å². The number of amides is 1. The maximum absolute atomic E-state index is 12.1. The highest BCUT2D eigenvalue weighted by atomic mass is 16.6. The molecule has 3 heterocycles. The molecular weight excluding hydrogens is 280 g/mol. The molecule has 0 atom stereocenters. The second-order valence-electron chi connectivity index (χ2n) is 6.77. The average Bonchev–Trinajstić information content (AvgIpc) is 2.89. The molecule has 6 heteroatoms. The van der Waals surface area contributed by atoms with Gasteiger partial charge in [-0.2, -0.15) is 5.10 Å². The number of ether oxygens (including phenoxy) is 1. The molecule has 0 saturated carbocycles. The normalized spacial score (nSPS) is 17.0. The van der Waals surface area contributed by atoms with Crippen LogP contribution >= 0.6 is 0 Å². The van der Waals surface area contributed by atoms with Crippen LogP contribution in [0.3, 0.4) is 0 Å². The molecule has 1 N–H and O–H groups in total. The van der Waals surface area contributed by atoms with Gasteiger partial charge in [0.1, 0.15) is 5.60 Å². The molecule has 0 unspecified atom stereocenters. The molecule has 0 spiro atoms. The van der Waals surface area contributed by atoms with Crippen molar-refractivity contribution in [3.05, 3.63) is 24.2 Å². The summed E-state index contributed by atoms with van der Waals surface area (Å²) in [4.78, 5) is 18.0. The summed E-state index contributed by atoms with van der Waals surface area (Å²) in [6, 6.07) is 1.99. The molecular formula is C16H22N4O2. The van der Waals surface area contributed by atoms with E-state index in [2.05, 4.69) is 15.2 Å². The van der Waals surface area contributed by atoms with Crippen LogP contribution in [0.15, 0.2) is 18.5 Å². The van der Waals surface area contributed by atoms with Gasteiger partial charge in [-0.05, 0) is 39.7 Å². The highest BCUT2D eigenvalue weighted by Crippen LogP contribution is 2.31. The second kappa shape index (κ2) is 5.59. The molecule has 1 aliphatic rings. The number of piperidine rings is 1. The number of aromatic amines is 1. The first kappa shape index (κ1) is 14.8. The van der Waals surface area contributed by atoms with Crippen LogP contribution in [0.1, 0.15) is 45.2 Å². The Kier molecular flexibility index (Phi) is 3.76. The van der Waals surface area contributed by atoms with E-state index in [1.54, 1.807) is 17.3 Å². The van der Waals surface area contributed by atoms with Gasteiger partial charge in [0.05, 0.1) is 17.4 Å². The number of rotatable bonds is 1. The number of hydrogen-bond donors (Lipinski definition) is 1. The van der Waals surface area contributed by atoms with Crippen molar-refractivity contribution in [1.82, 2.24) is 20.1 Å². The zero-order chi connectivity index (χ0) is 15.7. The molecule has 1 saturated heterocycles. The van der Waals surface area contributed by atoms with Crippen molar-refractivity contribution in [1.29, 1.82) is 0 Å². The summed E-state index contributed by atoms with van der Waals surface area (Å²) in [5.41, 5.74) is 1.60. The van der Waals surface area contributed by atoms with Crippen LogP contribution in [-0.2, 0) is 4.74 Å². The van der Waals surface area contributed by atoms with Crippen molar-refractivity contribution < 1.29 is 9.53 Å². The Balaban J connectivity index is 1.66. The lowest BCUT2D eigenvalue weighted by molar-refractivity contribution is 0.0204. The lowest BCUT2D eigenvalue weighted by Crippen LogP contribution is -2.41. The molecule has 22 heavy (non-hydrogen) atoms. The van der Waals surface area contributed by atoms with Crippen molar-refractivity contribution in [3.8, 4) is 0 Å². The average molecular weight is 302 g/mol. The van der Waals surface area contributed by atoms with Crippen LogP contribution < -0.4 is 0 Å². The minimum Gasteiger partial charge on any atom is -0.444 e. The van der Waals surface area contributed by atoms with Crippen LogP contribution in [0.4, 0.5) is 4.79 Å². The van der Waals surface area contributed by atoms with Crippen molar-refractivity contribution in [2.75, 3.05) is 13.1 Å². The maximum Gasteiger partial charge on any atom is 0.410 e. The molecule has 2 aromatic heterocycles. The molecule has 0 aliphatic carbocycles. The van der Waals surface area contributed by atoms with Crippen LogP contribution in [0.2, 0.25) is 0 Å². The number of nitrogens with one attached hydrogen (secondary N) is 1. The van der Waals surface area contributed by atoms with Gasteiger partial charge >= 0.3 is 6.09 Å². The monoisotopic (exact) mass is 302 g/mol. The Morgan fingerprint density at radius 3 is 2.77 bits per heavy atom. The number of likely N-dealkylation sites (tertiary alicyclic amines) is 1. The van der Waals surface area contributed by atoms with Gasteiger partial charge < -0.3 is 9.64 Å². The summed E-state index contributed by atoms with van der Waals surface area (Å²) >= 11 is 0. The summed E-state index contributed by atoms with van der Waals surface area (Å²) in [5, 5.41) is 8.61. The van der Waals surface area contributed by atoms with Gasteiger partial charge in [-0.3, -0.25) is 10.1 Å². The van der Waals surface area contributed by atoms with Gasteiger partial charge in [-0.25, -0.2) is 4.79 Å². The number of carbonyl (C=O) groups is 1. The topological polar surface area (TPSA) is 71.1 Å². The summed E-state index contributed by atoms with van der Waals surface area (Å²) in [7, 11) is 0. The van der Waals surface area contributed by atoms with E-state index >= 15 is 0 Å². The Morgan fingerprint density at radius 1 is 1.36 bits per heavy atom. The molecule has 0 bridgehead atoms. The van der Waals surface area contributed by atoms with Crippen LogP contribution in [0, 0.1) is 0 Å². The smallest absolute Gasteiger partial charge is 0.410 e. The molecule has 1 fully saturated rings. The van der Waals surface area contributed by atoms with Gasteiger partial charge in [0.2, 0.25) is 0 Å². The first-order chi connectivity index (χ1) is 10.4. The van der Waals surface area contributed by atoms with Crippen molar-refractivity contribution in [2.45, 2.75) is 45.1 Å². The number of pyridine rings is 1. The fourth-order valence-electron chi connectivity index (χ4n) is 2.86. The van der Waals surface area contributed by atoms with E-state index in [1.165, 1.54) is 0 Å².